The molecule has 4 rings (SSSR count). The fourth-order valence-corrected chi connectivity index (χ4v) is 4.92. The van der Waals surface area contributed by atoms with Gasteiger partial charge in [-0.2, -0.15) is 0 Å². The zero-order valence-electron chi connectivity index (χ0n) is 18.0. The Balaban J connectivity index is 1.61. The van der Waals surface area contributed by atoms with E-state index < -0.39 is 0 Å². The van der Waals surface area contributed by atoms with E-state index in [1.165, 1.54) is 11.8 Å². The van der Waals surface area contributed by atoms with E-state index in [1.54, 1.807) is 19.1 Å². The summed E-state index contributed by atoms with van der Waals surface area (Å²) in [7, 11) is 3.35. The molecule has 2 aliphatic heterocycles. The van der Waals surface area contributed by atoms with Crippen molar-refractivity contribution in [1.82, 2.24) is 4.90 Å². The summed E-state index contributed by atoms with van der Waals surface area (Å²) in [6.45, 7) is 4.08. The van der Waals surface area contributed by atoms with Crippen LogP contribution in [0.15, 0.2) is 46.2 Å². The van der Waals surface area contributed by atoms with Crippen LogP contribution in [0.5, 0.6) is 11.5 Å². The van der Waals surface area contributed by atoms with Crippen molar-refractivity contribution in [3.63, 3.8) is 0 Å². The first kappa shape index (κ1) is 21.3. The highest BCUT2D eigenvalue weighted by Gasteiger charge is 2.28. The summed E-state index contributed by atoms with van der Waals surface area (Å²) in [6.07, 6.45) is 3.96. The summed E-state index contributed by atoms with van der Waals surface area (Å²) in [5.74, 6) is 1.24. The summed E-state index contributed by atoms with van der Waals surface area (Å²) in [4.78, 5) is 30.8. The number of carbonyl (C=O) groups is 2. The number of nitrogens with zero attached hydrogens (tertiary/aromatic N) is 2. The van der Waals surface area contributed by atoms with Crippen LogP contribution in [0.25, 0.3) is 6.08 Å². The van der Waals surface area contributed by atoms with Gasteiger partial charge in [0, 0.05) is 30.6 Å². The number of likely N-dealkylation sites (tertiary alicyclic amines) is 1. The van der Waals surface area contributed by atoms with Crippen molar-refractivity contribution in [3.05, 3.63) is 52.4 Å². The van der Waals surface area contributed by atoms with Crippen molar-refractivity contribution in [1.29, 1.82) is 0 Å². The minimum Gasteiger partial charge on any atom is -0.493 e. The van der Waals surface area contributed by atoms with Crippen LogP contribution in [0.4, 0.5) is 5.69 Å². The monoisotopic (exact) mass is 438 g/mol. The van der Waals surface area contributed by atoms with Gasteiger partial charge in [0.1, 0.15) is 0 Å². The SMILES string of the molecule is CCOc1ccc(/C=C2/Sc3ccc(C(=O)N4CCCC4)cc3N(C)C2=O)cc1OC. The first-order valence-electron chi connectivity index (χ1n) is 10.4. The molecule has 2 aliphatic rings. The van der Waals surface area contributed by atoms with Crippen molar-refractivity contribution in [2.24, 2.45) is 0 Å². The molecule has 0 N–H and O–H groups in total. The van der Waals surface area contributed by atoms with Gasteiger partial charge in [0.05, 0.1) is 24.3 Å². The molecule has 0 aliphatic carbocycles. The molecule has 0 radical (unpaired) electrons. The Morgan fingerprint density at radius 1 is 1.13 bits per heavy atom. The van der Waals surface area contributed by atoms with Gasteiger partial charge in [0.2, 0.25) is 0 Å². The molecule has 1 fully saturated rings. The largest absolute Gasteiger partial charge is 0.493 e. The summed E-state index contributed by atoms with van der Waals surface area (Å²) >= 11 is 1.42. The van der Waals surface area contributed by atoms with Gasteiger partial charge in [-0.05, 0) is 61.7 Å². The second kappa shape index (κ2) is 9.06. The predicted molar refractivity (Wildman–Crippen MR) is 123 cm³/mol. The molecule has 2 aromatic rings. The third-order valence-corrected chi connectivity index (χ3v) is 6.56. The molecule has 6 nitrogen and oxygen atoms in total. The number of amides is 2. The summed E-state index contributed by atoms with van der Waals surface area (Å²) in [6, 6.07) is 11.2. The maximum absolute atomic E-state index is 13.0. The normalized spacial score (nSPS) is 17.1. The fourth-order valence-electron chi connectivity index (χ4n) is 3.83. The Hall–Kier alpha value is -2.93. The smallest absolute Gasteiger partial charge is 0.264 e. The third-order valence-electron chi connectivity index (χ3n) is 5.48. The average Bonchev–Trinajstić information content (AvgIpc) is 3.32. The molecular weight excluding hydrogens is 412 g/mol. The van der Waals surface area contributed by atoms with Gasteiger partial charge in [-0.25, -0.2) is 0 Å². The molecule has 0 aromatic heterocycles. The topological polar surface area (TPSA) is 59.1 Å². The van der Waals surface area contributed by atoms with Crippen LogP contribution in [0.1, 0.15) is 35.7 Å². The van der Waals surface area contributed by atoms with E-state index >= 15 is 0 Å². The lowest BCUT2D eigenvalue weighted by molar-refractivity contribution is -0.114. The van der Waals surface area contributed by atoms with Gasteiger partial charge < -0.3 is 19.3 Å². The summed E-state index contributed by atoms with van der Waals surface area (Å²) in [5, 5.41) is 0. The van der Waals surface area contributed by atoms with E-state index in [0.29, 0.717) is 28.6 Å². The van der Waals surface area contributed by atoms with Gasteiger partial charge in [-0.3, -0.25) is 9.59 Å². The lowest BCUT2D eigenvalue weighted by Gasteiger charge is -2.28. The zero-order chi connectivity index (χ0) is 22.0. The molecule has 2 heterocycles. The Labute approximate surface area is 186 Å². The number of hydrogen-bond donors (Lipinski definition) is 0. The first-order chi connectivity index (χ1) is 15.0. The molecule has 1 saturated heterocycles. The molecular formula is C24H26N2O4S. The molecule has 7 heteroatoms. The zero-order valence-corrected chi connectivity index (χ0v) is 18.8. The predicted octanol–water partition coefficient (Wildman–Crippen LogP) is 4.44. The van der Waals surface area contributed by atoms with E-state index in [0.717, 1.165) is 42.1 Å². The van der Waals surface area contributed by atoms with Gasteiger partial charge in [0.15, 0.2) is 11.5 Å². The molecule has 2 amide bonds. The van der Waals surface area contributed by atoms with Gasteiger partial charge in [-0.15, -0.1) is 0 Å². The number of benzene rings is 2. The highest BCUT2D eigenvalue weighted by atomic mass is 32.2. The number of ether oxygens (including phenoxy) is 2. The van der Waals surface area contributed by atoms with Crippen molar-refractivity contribution >= 4 is 35.3 Å². The Kier molecular flexibility index (Phi) is 6.23. The van der Waals surface area contributed by atoms with Crippen molar-refractivity contribution in [3.8, 4) is 11.5 Å². The summed E-state index contributed by atoms with van der Waals surface area (Å²) < 4.78 is 11.0. The third kappa shape index (κ3) is 4.28. The van der Waals surface area contributed by atoms with Crippen LogP contribution in [0.2, 0.25) is 0 Å². The van der Waals surface area contributed by atoms with Crippen molar-refractivity contribution in [2.75, 3.05) is 38.8 Å². The number of carbonyl (C=O) groups excluding carboxylic acids is 2. The average molecular weight is 439 g/mol. The quantitative estimate of drug-likeness (QED) is 0.646. The molecule has 0 atom stereocenters. The molecule has 162 valence electrons. The highest BCUT2D eigenvalue weighted by molar-refractivity contribution is 8.04. The van der Waals surface area contributed by atoms with Crippen LogP contribution in [0.3, 0.4) is 0 Å². The van der Waals surface area contributed by atoms with Crippen LogP contribution in [-0.4, -0.2) is 50.6 Å². The molecule has 0 spiro atoms. The van der Waals surface area contributed by atoms with E-state index in [-0.39, 0.29) is 11.8 Å². The highest BCUT2D eigenvalue weighted by Crippen LogP contribution is 2.42. The Morgan fingerprint density at radius 3 is 2.61 bits per heavy atom. The summed E-state index contributed by atoms with van der Waals surface area (Å²) in [5.41, 5.74) is 2.25. The van der Waals surface area contributed by atoms with Gasteiger partial charge >= 0.3 is 0 Å². The molecule has 0 saturated carbocycles. The number of thioether (sulfide) groups is 1. The van der Waals surface area contributed by atoms with Crippen LogP contribution in [0, 0.1) is 0 Å². The molecule has 0 unspecified atom stereocenters. The number of hydrogen-bond acceptors (Lipinski definition) is 5. The lowest BCUT2D eigenvalue weighted by atomic mass is 10.1. The van der Waals surface area contributed by atoms with Crippen molar-refractivity contribution < 1.29 is 19.1 Å². The fraction of sp³-hybridized carbons (Fsp3) is 0.333. The number of methoxy groups -OCH3 is 1. The van der Waals surface area contributed by atoms with Crippen LogP contribution in [-0.2, 0) is 4.79 Å². The van der Waals surface area contributed by atoms with Crippen molar-refractivity contribution in [2.45, 2.75) is 24.7 Å². The number of anilines is 1. The number of rotatable bonds is 5. The minimum absolute atomic E-state index is 0.0361. The molecule has 2 aromatic carbocycles. The molecule has 31 heavy (non-hydrogen) atoms. The lowest BCUT2D eigenvalue weighted by Crippen LogP contribution is -2.31. The number of fused-ring (bicyclic) bond motifs is 1. The Morgan fingerprint density at radius 2 is 1.90 bits per heavy atom. The maximum Gasteiger partial charge on any atom is 0.264 e. The maximum atomic E-state index is 13.0. The van der Waals surface area contributed by atoms with Crippen LogP contribution >= 0.6 is 11.8 Å². The van der Waals surface area contributed by atoms with E-state index in [9.17, 15) is 9.59 Å². The van der Waals surface area contributed by atoms with E-state index in [1.807, 2.05) is 54.3 Å². The first-order valence-corrected chi connectivity index (χ1v) is 11.2. The van der Waals surface area contributed by atoms with E-state index in [2.05, 4.69) is 0 Å². The standard InChI is InChI=1S/C24H26N2O4S/c1-4-30-19-9-7-16(13-20(19)29-3)14-22-24(28)25(2)18-15-17(8-10-21(18)31-22)23(27)26-11-5-6-12-26/h7-10,13-15H,4-6,11-12H2,1-3H3/b22-14+. The molecule has 0 bridgehead atoms. The van der Waals surface area contributed by atoms with Gasteiger partial charge in [0.25, 0.3) is 11.8 Å². The number of likely N-dealkylation sites (N-methyl/N-ethyl adjacent to an activating group) is 1. The second-order valence-corrected chi connectivity index (χ2v) is 8.58. The van der Waals surface area contributed by atoms with Crippen LogP contribution < -0.4 is 14.4 Å². The van der Waals surface area contributed by atoms with E-state index in [4.69, 9.17) is 9.47 Å². The second-order valence-electron chi connectivity index (χ2n) is 7.50. The van der Waals surface area contributed by atoms with Gasteiger partial charge in [-0.1, -0.05) is 17.8 Å². The minimum atomic E-state index is -0.101. The Bertz CT molecular complexity index is 1040.